The maximum Gasteiger partial charge on any atom is 0.407 e. The highest BCUT2D eigenvalue weighted by Gasteiger charge is 2.44. The monoisotopic (exact) mass is 577 g/mol. The van der Waals surface area contributed by atoms with E-state index in [1.54, 1.807) is 0 Å². The lowest BCUT2D eigenvalue weighted by molar-refractivity contribution is -0.384. The molecule has 40 heavy (non-hydrogen) atoms. The summed E-state index contributed by atoms with van der Waals surface area (Å²) in [7, 11) is -4.12. The zero-order chi connectivity index (χ0) is 28.9. The van der Waals surface area contributed by atoms with Crippen LogP contribution in [0, 0.1) is 22.0 Å². The van der Waals surface area contributed by atoms with Gasteiger partial charge in [-0.15, -0.1) is 0 Å². The highest BCUT2D eigenvalue weighted by atomic mass is 32.2. The Morgan fingerprint density at radius 1 is 1.15 bits per heavy atom. The van der Waals surface area contributed by atoms with Crippen molar-refractivity contribution in [2.45, 2.75) is 56.1 Å². The van der Waals surface area contributed by atoms with Gasteiger partial charge >= 0.3 is 6.09 Å². The van der Waals surface area contributed by atoms with Gasteiger partial charge in [-0.2, -0.15) is 4.31 Å². The number of amides is 1. The summed E-state index contributed by atoms with van der Waals surface area (Å²) < 4.78 is 44.8. The van der Waals surface area contributed by atoms with Gasteiger partial charge in [-0.25, -0.2) is 13.2 Å². The largest absolute Gasteiger partial charge is 0.443 e. The molecule has 218 valence electrons. The number of ether oxygens (including phenoxy) is 3. The molecule has 0 radical (unpaired) electrons. The number of benzene rings is 2. The maximum absolute atomic E-state index is 13.5. The quantitative estimate of drug-likeness (QED) is 0.286. The molecule has 1 unspecified atom stereocenters. The van der Waals surface area contributed by atoms with Crippen LogP contribution in [-0.2, 0) is 30.7 Å². The van der Waals surface area contributed by atoms with E-state index in [2.05, 4.69) is 5.32 Å². The summed E-state index contributed by atoms with van der Waals surface area (Å²) in [6.07, 6.45) is -1.99. The van der Waals surface area contributed by atoms with Crippen LogP contribution in [0.3, 0.4) is 0 Å². The van der Waals surface area contributed by atoms with Crippen LogP contribution in [0.2, 0.25) is 0 Å². The number of aliphatic hydroxyl groups is 1. The Kier molecular flexibility index (Phi) is 9.74. The molecule has 2 aromatic carbocycles. The minimum absolute atomic E-state index is 0.0587. The van der Waals surface area contributed by atoms with Gasteiger partial charge in [0, 0.05) is 25.2 Å². The highest BCUT2D eigenvalue weighted by molar-refractivity contribution is 7.89. The molecule has 12 nitrogen and oxygen atoms in total. The number of hydrogen-bond acceptors (Lipinski definition) is 9. The van der Waals surface area contributed by atoms with Crippen LogP contribution in [0.1, 0.15) is 25.8 Å². The first-order chi connectivity index (χ1) is 19.0. The molecule has 5 atom stereocenters. The number of fused-ring (bicyclic) bond motifs is 1. The number of nitrogens with one attached hydrogen (secondary N) is 1. The number of carbonyl (C=O) groups excluding carboxylic acids is 1. The summed E-state index contributed by atoms with van der Waals surface area (Å²) in [4.78, 5) is 23.2. The molecule has 0 aromatic heterocycles. The van der Waals surface area contributed by atoms with Gasteiger partial charge < -0.3 is 24.6 Å². The summed E-state index contributed by atoms with van der Waals surface area (Å²) >= 11 is 0. The number of nitro benzene ring substituents is 1. The first kappa shape index (κ1) is 29.9. The number of nitrogens with zero attached hydrogens (tertiary/aromatic N) is 2. The van der Waals surface area contributed by atoms with E-state index in [1.165, 1.54) is 12.1 Å². The van der Waals surface area contributed by atoms with E-state index in [1.807, 2.05) is 44.2 Å². The summed E-state index contributed by atoms with van der Waals surface area (Å²) in [6.45, 7) is 4.18. The number of non-ortho nitro benzene ring substituents is 1. The molecule has 2 N–H and O–H groups in total. The molecular weight excluding hydrogens is 542 g/mol. The number of carbonyl (C=O) groups is 1. The first-order valence-corrected chi connectivity index (χ1v) is 14.7. The SMILES string of the molecule is CC(C)CN(C[C@@H](O)[C@H](Cc1ccccc1)NC(=O)O[C@H]1CO[C@H]2OCCC21)S(=O)(=O)c1ccc([N+](=O)[O-])cc1. The standard InChI is InChI=1S/C27H35N3O9S/c1-18(2)15-29(40(35,36)21-10-8-20(9-11-21)30(33)34)16-24(31)23(14-19-6-4-3-5-7-19)28-27(32)39-25-17-38-26-22(25)12-13-37-26/h3-11,18,22-26,31H,12-17H2,1-2H3,(H,28,32)/t22?,23-,24+,25-,26+/m0/s1. The lowest BCUT2D eigenvalue weighted by Gasteiger charge is -2.31. The van der Waals surface area contributed by atoms with Crippen molar-refractivity contribution in [1.82, 2.24) is 9.62 Å². The molecule has 0 bridgehead atoms. The molecule has 13 heteroatoms. The Bertz CT molecular complexity index is 1260. The van der Waals surface area contributed by atoms with E-state index in [9.17, 15) is 28.4 Å². The molecule has 0 aliphatic carbocycles. The second-order valence-electron chi connectivity index (χ2n) is 10.4. The number of hydrogen-bond donors (Lipinski definition) is 2. The molecule has 1 amide bonds. The number of rotatable bonds is 12. The fourth-order valence-electron chi connectivity index (χ4n) is 4.92. The van der Waals surface area contributed by atoms with Crippen LogP contribution in [0.5, 0.6) is 0 Å². The number of aliphatic hydroxyl groups excluding tert-OH is 1. The minimum atomic E-state index is -4.12. The van der Waals surface area contributed by atoms with Gasteiger partial charge in [-0.3, -0.25) is 10.1 Å². The van der Waals surface area contributed by atoms with Crippen molar-refractivity contribution in [1.29, 1.82) is 0 Å². The fraction of sp³-hybridized carbons (Fsp3) is 0.519. The Balaban J connectivity index is 1.51. The molecule has 2 aliphatic rings. The van der Waals surface area contributed by atoms with E-state index in [-0.39, 0.29) is 48.5 Å². The lowest BCUT2D eigenvalue weighted by atomic mass is 10.0. The van der Waals surface area contributed by atoms with Crippen LogP contribution >= 0.6 is 0 Å². The van der Waals surface area contributed by atoms with Crippen molar-refractivity contribution >= 4 is 21.8 Å². The Morgan fingerprint density at radius 3 is 2.50 bits per heavy atom. The number of alkyl carbamates (subject to hydrolysis) is 1. The highest BCUT2D eigenvalue weighted by Crippen LogP contribution is 2.33. The molecule has 2 heterocycles. The average molecular weight is 578 g/mol. The van der Waals surface area contributed by atoms with Crippen molar-refractivity contribution in [3.05, 3.63) is 70.3 Å². The van der Waals surface area contributed by atoms with Crippen molar-refractivity contribution in [3.8, 4) is 0 Å². The third-order valence-electron chi connectivity index (χ3n) is 6.95. The Hall–Kier alpha value is -3.10. The van der Waals surface area contributed by atoms with Gasteiger partial charge in [0.05, 0.1) is 41.1 Å². The smallest absolute Gasteiger partial charge is 0.407 e. The molecular formula is C27H35N3O9S. The lowest BCUT2D eigenvalue weighted by Crippen LogP contribution is -2.51. The predicted molar refractivity (Wildman–Crippen MR) is 144 cm³/mol. The van der Waals surface area contributed by atoms with E-state index >= 15 is 0 Å². The van der Waals surface area contributed by atoms with Gasteiger partial charge in [-0.1, -0.05) is 44.2 Å². The fourth-order valence-corrected chi connectivity index (χ4v) is 6.55. The van der Waals surface area contributed by atoms with Crippen LogP contribution < -0.4 is 5.32 Å². The second kappa shape index (κ2) is 13.0. The minimum Gasteiger partial charge on any atom is -0.443 e. The maximum atomic E-state index is 13.5. The summed E-state index contributed by atoms with van der Waals surface area (Å²) in [5.74, 6) is -0.147. The van der Waals surface area contributed by atoms with Crippen LogP contribution in [0.15, 0.2) is 59.5 Å². The van der Waals surface area contributed by atoms with Crippen molar-refractivity contribution < 1.29 is 37.5 Å². The Morgan fingerprint density at radius 2 is 1.85 bits per heavy atom. The van der Waals surface area contributed by atoms with Gasteiger partial charge in [0.2, 0.25) is 10.0 Å². The summed E-state index contributed by atoms with van der Waals surface area (Å²) in [5, 5.41) is 25.1. The van der Waals surface area contributed by atoms with Crippen LogP contribution in [0.25, 0.3) is 0 Å². The molecule has 2 fully saturated rings. The van der Waals surface area contributed by atoms with E-state index in [0.29, 0.717) is 13.0 Å². The zero-order valence-corrected chi connectivity index (χ0v) is 23.2. The number of sulfonamides is 1. The molecule has 4 rings (SSSR count). The first-order valence-electron chi connectivity index (χ1n) is 13.2. The summed E-state index contributed by atoms with van der Waals surface area (Å²) in [6, 6.07) is 12.9. The van der Waals surface area contributed by atoms with Crippen molar-refractivity contribution in [2.24, 2.45) is 11.8 Å². The third kappa shape index (κ3) is 7.34. The molecule has 0 saturated carbocycles. The Labute approximate surface area is 233 Å². The molecule has 2 saturated heterocycles. The topological polar surface area (TPSA) is 158 Å². The van der Waals surface area contributed by atoms with E-state index < -0.39 is 45.6 Å². The van der Waals surface area contributed by atoms with Crippen molar-refractivity contribution in [2.75, 3.05) is 26.3 Å². The predicted octanol–water partition coefficient (Wildman–Crippen LogP) is 2.70. The molecule has 0 spiro atoms. The van der Waals surface area contributed by atoms with Gasteiger partial charge in [-0.05, 0) is 36.5 Å². The van der Waals surface area contributed by atoms with E-state index in [0.717, 1.165) is 22.0 Å². The molecule has 2 aromatic rings. The van der Waals surface area contributed by atoms with Gasteiger partial charge in [0.25, 0.3) is 5.69 Å². The normalized spacial score (nSPS) is 22.2. The van der Waals surface area contributed by atoms with Crippen molar-refractivity contribution in [3.63, 3.8) is 0 Å². The third-order valence-corrected chi connectivity index (χ3v) is 8.80. The van der Waals surface area contributed by atoms with Crippen LogP contribution in [-0.4, -0.2) is 79.7 Å². The van der Waals surface area contributed by atoms with Crippen LogP contribution in [0.4, 0.5) is 10.5 Å². The number of nitro groups is 1. The molecule has 2 aliphatic heterocycles. The zero-order valence-electron chi connectivity index (χ0n) is 22.4. The second-order valence-corrected chi connectivity index (χ2v) is 12.4. The van der Waals surface area contributed by atoms with Gasteiger partial charge in [0.1, 0.15) is 6.10 Å². The average Bonchev–Trinajstić information content (AvgIpc) is 3.53. The van der Waals surface area contributed by atoms with E-state index in [4.69, 9.17) is 14.2 Å². The summed E-state index contributed by atoms with van der Waals surface area (Å²) in [5.41, 5.74) is 0.595. The van der Waals surface area contributed by atoms with Gasteiger partial charge in [0.15, 0.2) is 6.29 Å².